The minimum atomic E-state index is 0.0300. The normalized spacial score (nSPS) is 14.4. The molecule has 0 amide bonds. The number of ketones is 1. The zero-order valence-corrected chi connectivity index (χ0v) is 8.25. The molecule has 70 valence electrons. The maximum atomic E-state index is 11.8. The Kier molecular flexibility index (Phi) is 2.70. The molecule has 0 saturated carbocycles. The van der Waals surface area contributed by atoms with Crippen LogP contribution in [0.1, 0.15) is 10.4 Å². The molecular formula is C11H9NOS. The number of rotatable bonds is 2. The predicted molar refractivity (Wildman–Crippen MR) is 58.7 cm³/mol. The maximum absolute atomic E-state index is 11.8. The summed E-state index contributed by atoms with van der Waals surface area (Å²) in [6.07, 6.45) is 3.64. The lowest BCUT2D eigenvalue weighted by Gasteiger charge is -2.09. The molecule has 1 aromatic carbocycles. The van der Waals surface area contributed by atoms with Gasteiger partial charge in [-0.25, -0.2) is 0 Å². The van der Waals surface area contributed by atoms with Crippen molar-refractivity contribution in [2.75, 3.05) is 0 Å². The SMILES string of the molecule is O=C(C1=CC=CSN1)c1ccccc1. The van der Waals surface area contributed by atoms with Crippen LogP contribution in [-0.4, -0.2) is 5.78 Å². The lowest BCUT2D eigenvalue weighted by molar-refractivity contribution is 0.103. The highest BCUT2D eigenvalue weighted by atomic mass is 32.2. The van der Waals surface area contributed by atoms with E-state index in [4.69, 9.17) is 0 Å². The summed E-state index contributed by atoms with van der Waals surface area (Å²) in [5, 5.41) is 1.89. The largest absolute Gasteiger partial charge is 0.323 e. The Morgan fingerprint density at radius 1 is 1.21 bits per heavy atom. The minimum absolute atomic E-state index is 0.0300. The van der Waals surface area contributed by atoms with Crippen molar-refractivity contribution in [2.24, 2.45) is 0 Å². The highest BCUT2D eigenvalue weighted by molar-refractivity contribution is 8.00. The van der Waals surface area contributed by atoms with Gasteiger partial charge < -0.3 is 4.72 Å². The average Bonchev–Trinajstić information content (AvgIpc) is 2.30. The number of Topliss-reactive ketones (excluding diaryl/α,β-unsaturated/α-hetero) is 1. The van der Waals surface area contributed by atoms with Crippen molar-refractivity contribution in [1.29, 1.82) is 0 Å². The van der Waals surface area contributed by atoms with E-state index < -0.39 is 0 Å². The minimum Gasteiger partial charge on any atom is -0.323 e. The zero-order valence-electron chi connectivity index (χ0n) is 7.44. The van der Waals surface area contributed by atoms with Gasteiger partial charge in [0, 0.05) is 5.56 Å². The van der Waals surface area contributed by atoms with Crippen LogP contribution in [-0.2, 0) is 0 Å². The molecule has 14 heavy (non-hydrogen) atoms. The number of hydrogen-bond donors (Lipinski definition) is 1. The van der Waals surface area contributed by atoms with Gasteiger partial charge in [0.1, 0.15) is 0 Å². The standard InChI is InChI=1S/C11H9NOS/c13-11(9-5-2-1-3-6-9)10-7-4-8-14-12-10/h1-8,12H. The summed E-state index contributed by atoms with van der Waals surface area (Å²) in [6, 6.07) is 9.25. The second kappa shape index (κ2) is 4.15. The third-order valence-corrected chi connectivity index (χ3v) is 2.49. The number of allylic oxidation sites excluding steroid dienone is 3. The summed E-state index contributed by atoms with van der Waals surface area (Å²) < 4.78 is 2.96. The first-order chi connectivity index (χ1) is 6.88. The number of nitrogens with one attached hydrogen (secondary N) is 1. The molecule has 0 aromatic heterocycles. The Balaban J connectivity index is 2.24. The van der Waals surface area contributed by atoms with Gasteiger partial charge in [-0.3, -0.25) is 4.79 Å². The van der Waals surface area contributed by atoms with Crippen LogP contribution >= 0.6 is 11.9 Å². The quantitative estimate of drug-likeness (QED) is 0.591. The van der Waals surface area contributed by atoms with Gasteiger partial charge >= 0.3 is 0 Å². The molecule has 0 aliphatic carbocycles. The lowest BCUT2D eigenvalue weighted by Crippen LogP contribution is -2.15. The van der Waals surface area contributed by atoms with Crippen molar-refractivity contribution in [3.63, 3.8) is 0 Å². The Hall–Kier alpha value is -1.48. The van der Waals surface area contributed by atoms with E-state index in [1.54, 1.807) is 6.08 Å². The summed E-state index contributed by atoms with van der Waals surface area (Å²) in [5.41, 5.74) is 1.34. The molecule has 1 aromatic rings. The van der Waals surface area contributed by atoms with Crippen LogP contribution in [0.3, 0.4) is 0 Å². The Morgan fingerprint density at radius 2 is 2.00 bits per heavy atom. The predicted octanol–water partition coefficient (Wildman–Crippen LogP) is 2.52. The number of carbonyl (C=O) groups excluding carboxylic acids is 1. The van der Waals surface area contributed by atoms with Gasteiger partial charge in [0.05, 0.1) is 5.70 Å². The summed E-state index contributed by atoms with van der Waals surface area (Å²) >= 11 is 1.41. The topological polar surface area (TPSA) is 29.1 Å². The summed E-state index contributed by atoms with van der Waals surface area (Å²) in [7, 11) is 0. The number of carbonyl (C=O) groups is 1. The van der Waals surface area contributed by atoms with Crippen molar-refractivity contribution in [3.8, 4) is 0 Å². The molecular weight excluding hydrogens is 194 g/mol. The van der Waals surface area contributed by atoms with E-state index >= 15 is 0 Å². The number of benzene rings is 1. The molecule has 3 heteroatoms. The second-order valence-corrected chi connectivity index (χ2v) is 3.54. The summed E-state index contributed by atoms with van der Waals surface area (Å²) in [4.78, 5) is 11.8. The highest BCUT2D eigenvalue weighted by Crippen LogP contribution is 2.13. The maximum Gasteiger partial charge on any atom is 0.209 e. The van der Waals surface area contributed by atoms with E-state index in [0.717, 1.165) is 0 Å². The van der Waals surface area contributed by atoms with Gasteiger partial charge in [0.25, 0.3) is 0 Å². The molecule has 0 radical (unpaired) electrons. The van der Waals surface area contributed by atoms with E-state index in [1.807, 2.05) is 41.8 Å². The Morgan fingerprint density at radius 3 is 2.64 bits per heavy atom. The Bertz CT molecular complexity index is 395. The van der Waals surface area contributed by atoms with Gasteiger partial charge in [-0.1, -0.05) is 36.4 Å². The van der Waals surface area contributed by atoms with E-state index in [-0.39, 0.29) is 5.78 Å². The van der Waals surface area contributed by atoms with Crippen LogP contribution in [0.25, 0.3) is 0 Å². The molecule has 0 bridgehead atoms. The first kappa shape index (κ1) is 9.09. The molecule has 2 rings (SSSR count). The first-order valence-electron chi connectivity index (χ1n) is 4.26. The Labute approximate surface area is 86.8 Å². The fourth-order valence-corrected chi connectivity index (χ4v) is 1.69. The molecule has 1 heterocycles. The van der Waals surface area contributed by atoms with E-state index in [1.165, 1.54) is 11.9 Å². The van der Waals surface area contributed by atoms with Crippen LogP contribution < -0.4 is 4.72 Å². The van der Waals surface area contributed by atoms with Gasteiger partial charge in [0.2, 0.25) is 5.78 Å². The second-order valence-electron chi connectivity index (χ2n) is 2.82. The first-order valence-corrected chi connectivity index (χ1v) is 5.14. The van der Waals surface area contributed by atoms with Crippen LogP contribution in [0.4, 0.5) is 0 Å². The van der Waals surface area contributed by atoms with Crippen LogP contribution in [0.15, 0.2) is 53.6 Å². The smallest absolute Gasteiger partial charge is 0.209 e. The molecule has 2 nitrogen and oxygen atoms in total. The monoisotopic (exact) mass is 203 g/mol. The van der Waals surface area contributed by atoms with Gasteiger partial charge in [-0.2, -0.15) is 0 Å². The molecule has 0 atom stereocenters. The van der Waals surface area contributed by atoms with Gasteiger partial charge in [-0.15, -0.1) is 0 Å². The molecule has 0 fully saturated rings. The van der Waals surface area contributed by atoms with E-state index in [2.05, 4.69) is 4.72 Å². The third kappa shape index (κ3) is 1.88. The summed E-state index contributed by atoms with van der Waals surface area (Å²) in [6.45, 7) is 0. The van der Waals surface area contributed by atoms with Crippen molar-refractivity contribution in [2.45, 2.75) is 0 Å². The molecule has 1 aliphatic rings. The van der Waals surface area contributed by atoms with Crippen molar-refractivity contribution in [1.82, 2.24) is 4.72 Å². The lowest BCUT2D eigenvalue weighted by atomic mass is 10.1. The molecule has 1 aliphatic heterocycles. The molecule has 0 spiro atoms. The number of hydrogen-bond acceptors (Lipinski definition) is 3. The van der Waals surface area contributed by atoms with Crippen LogP contribution in [0.5, 0.6) is 0 Å². The van der Waals surface area contributed by atoms with Crippen molar-refractivity contribution >= 4 is 17.7 Å². The van der Waals surface area contributed by atoms with Crippen molar-refractivity contribution in [3.05, 3.63) is 59.2 Å². The van der Waals surface area contributed by atoms with Gasteiger partial charge in [-0.05, 0) is 23.4 Å². The van der Waals surface area contributed by atoms with E-state index in [0.29, 0.717) is 11.3 Å². The fourth-order valence-electron chi connectivity index (χ4n) is 1.17. The average molecular weight is 203 g/mol. The third-order valence-electron chi connectivity index (χ3n) is 1.86. The molecule has 0 saturated heterocycles. The highest BCUT2D eigenvalue weighted by Gasteiger charge is 2.11. The molecule has 1 N–H and O–H groups in total. The fraction of sp³-hybridized carbons (Fsp3) is 0. The van der Waals surface area contributed by atoms with Crippen molar-refractivity contribution < 1.29 is 4.79 Å². The zero-order chi connectivity index (χ0) is 9.80. The van der Waals surface area contributed by atoms with Gasteiger partial charge in [0.15, 0.2) is 0 Å². The van der Waals surface area contributed by atoms with Crippen LogP contribution in [0, 0.1) is 0 Å². The summed E-state index contributed by atoms with van der Waals surface area (Å²) in [5.74, 6) is 0.0300. The van der Waals surface area contributed by atoms with E-state index in [9.17, 15) is 4.79 Å². The van der Waals surface area contributed by atoms with Crippen LogP contribution in [0.2, 0.25) is 0 Å². The molecule has 0 unspecified atom stereocenters.